The molecule has 0 bridgehead atoms. The Morgan fingerprint density at radius 3 is 0.723 bits per heavy atom. The van der Waals surface area contributed by atoms with Crippen LogP contribution in [0.15, 0.2) is 0 Å². The summed E-state index contributed by atoms with van der Waals surface area (Å²) in [5.41, 5.74) is -1.78. The van der Waals surface area contributed by atoms with Gasteiger partial charge in [0, 0.05) is 19.1 Å². The lowest BCUT2D eigenvalue weighted by Crippen LogP contribution is -2.38. The van der Waals surface area contributed by atoms with Crippen LogP contribution in [-0.4, -0.2) is 89.7 Å². The van der Waals surface area contributed by atoms with Crippen molar-refractivity contribution in [1.82, 2.24) is 0 Å². The van der Waals surface area contributed by atoms with Crippen molar-refractivity contribution >= 4 is 0 Å². The number of aliphatic hydroxyl groups excluding tert-OH is 5. The van der Waals surface area contributed by atoms with Crippen LogP contribution in [0.3, 0.4) is 0 Å². The minimum atomic E-state index is -0.861. The average molecular weight is 687 g/mol. The predicted octanol–water partition coefficient (Wildman–Crippen LogP) is 7.45. The molecule has 0 aromatic heterocycles. The van der Waals surface area contributed by atoms with Crippen molar-refractivity contribution in [2.24, 2.45) is 41.4 Å². The Kier molecular flexibility index (Phi) is 41.2. The van der Waals surface area contributed by atoms with Crippen LogP contribution in [0.25, 0.3) is 0 Å². The first kappa shape index (κ1) is 58.9. The third kappa shape index (κ3) is 35.3. The molecule has 0 radical (unpaired) electrons. The largest absolute Gasteiger partial charge is 0.396 e. The van der Waals surface area contributed by atoms with E-state index >= 15 is 0 Å². The normalized spacial score (nSPS) is 16.2. The Morgan fingerprint density at radius 1 is 0.447 bits per heavy atom. The van der Waals surface area contributed by atoms with Crippen LogP contribution in [0, 0.1) is 41.4 Å². The van der Waals surface area contributed by atoms with E-state index in [1.807, 2.05) is 132 Å². The lowest BCUT2D eigenvalue weighted by atomic mass is 9.89. The van der Waals surface area contributed by atoms with E-state index in [-0.39, 0.29) is 43.9 Å². The Bertz CT molecular complexity index is 574. The van der Waals surface area contributed by atoms with Crippen LogP contribution in [-0.2, 0) is 0 Å². The van der Waals surface area contributed by atoms with Crippen molar-refractivity contribution in [3.63, 3.8) is 0 Å². The zero-order valence-corrected chi connectivity index (χ0v) is 34.9. The summed E-state index contributed by atoms with van der Waals surface area (Å²) >= 11 is 0. The van der Waals surface area contributed by atoms with Gasteiger partial charge in [-0.3, -0.25) is 0 Å². The maximum Gasteiger partial charge on any atom is 0.0897 e. The summed E-state index contributed by atoms with van der Waals surface area (Å²) in [6.07, 6.45) is 3.84. The molecule has 0 aromatic carbocycles. The molecule has 0 heterocycles. The van der Waals surface area contributed by atoms with Crippen LogP contribution in [0.4, 0.5) is 0 Å². The SMILES string of the molecule is CC(C)C(CO)CO.CCC(O)(CO)C(C)C.CC[C@@H](O)C(C)C.CC[C@@](C)(O)C(C)C.CC[C@H](O)C(C)C.CC[C@](C)(O)C(C)C. The van der Waals surface area contributed by atoms with Gasteiger partial charge in [0.05, 0.1) is 35.6 Å². The molecule has 1 unspecified atom stereocenters. The average Bonchev–Trinajstić information content (AvgIpc) is 3.01. The van der Waals surface area contributed by atoms with Gasteiger partial charge < -0.3 is 40.9 Å². The van der Waals surface area contributed by atoms with Gasteiger partial charge in [0.25, 0.3) is 0 Å². The Labute approximate surface area is 294 Å². The lowest BCUT2D eigenvalue weighted by molar-refractivity contribution is -0.0536. The van der Waals surface area contributed by atoms with Crippen LogP contribution >= 0.6 is 0 Å². The zero-order valence-electron chi connectivity index (χ0n) is 34.9. The molecule has 0 aliphatic carbocycles. The molecule has 0 rings (SSSR count). The Hall–Kier alpha value is -0.320. The molecule has 0 aliphatic rings. The highest BCUT2D eigenvalue weighted by Gasteiger charge is 2.27. The van der Waals surface area contributed by atoms with Crippen molar-refractivity contribution < 1.29 is 40.9 Å². The van der Waals surface area contributed by atoms with Gasteiger partial charge in [-0.1, -0.05) is 118 Å². The molecule has 0 amide bonds. The fourth-order valence-corrected chi connectivity index (χ4v) is 2.94. The van der Waals surface area contributed by atoms with E-state index in [9.17, 15) is 15.3 Å². The summed E-state index contributed by atoms with van der Waals surface area (Å²) in [5, 5.41) is 71.9. The lowest BCUT2D eigenvalue weighted by Gasteiger charge is -2.28. The smallest absolute Gasteiger partial charge is 0.0897 e. The molecule has 8 N–H and O–H groups in total. The molecule has 294 valence electrons. The maximum absolute atomic E-state index is 9.46. The third-order valence-corrected chi connectivity index (χ3v) is 9.67. The summed E-state index contributed by atoms with van der Waals surface area (Å²) in [7, 11) is 0. The van der Waals surface area contributed by atoms with E-state index in [2.05, 4.69) is 0 Å². The summed E-state index contributed by atoms with van der Waals surface area (Å²) in [6, 6.07) is 0. The second-order valence-electron chi connectivity index (χ2n) is 15.3. The van der Waals surface area contributed by atoms with Gasteiger partial charge in [-0.25, -0.2) is 0 Å². The molecule has 0 saturated heterocycles. The van der Waals surface area contributed by atoms with Crippen molar-refractivity contribution in [2.75, 3.05) is 19.8 Å². The first-order chi connectivity index (χ1) is 21.2. The van der Waals surface area contributed by atoms with Crippen LogP contribution in [0.5, 0.6) is 0 Å². The van der Waals surface area contributed by atoms with Gasteiger partial charge in [-0.15, -0.1) is 0 Å². The van der Waals surface area contributed by atoms with Crippen molar-refractivity contribution in [3.05, 3.63) is 0 Å². The predicted molar refractivity (Wildman–Crippen MR) is 203 cm³/mol. The van der Waals surface area contributed by atoms with Crippen molar-refractivity contribution in [3.8, 4) is 0 Å². The van der Waals surface area contributed by atoms with E-state index in [0.717, 1.165) is 25.7 Å². The molecule has 0 aliphatic heterocycles. The monoisotopic (exact) mass is 687 g/mol. The maximum atomic E-state index is 9.46. The molecule has 0 spiro atoms. The molecule has 0 aromatic rings. The van der Waals surface area contributed by atoms with Crippen LogP contribution < -0.4 is 0 Å². The first-order valence-electron chi connectivity index (χ1n) is 18.5. The zero-order chi connectivity index (χ0) is 39.4. The van der Waals surface area contributed by atoms with Crippen LogP contribution in [0.1, 0.15) is 164 Å². The summed E-state index contributed by atoms with van der Waals surface area (Å²) < 4.78 is 0. The molecule has 0 saturated carbocycles. The molecule has 47 heavy (non-hydrogen) atoms. The molecular formula is C39H90O8. The van der Waals surface area contributed by atoms with Gasteiger partial charge >= 0.3 is 0 Å². The van der Waals surface area contributed by atoms with Gasteiger partial charge in [0.1, 0.15) is 0 Å². The van der Waals surface area contributed by atoms with E-state index in [0.29, 0.717) is 36.0 Å². The standard InChI is InChI=1S/C7H16O2.2C7H16O.C6H14O2.2C6H14O/c1-4-7(9,5-8)6(2)3;2*1-5-7(4,8)6(2)3;1-5(2)6(3-7)4-8;2*1-4-6(7)5(2)3/h6,8-9H,4-5H2,1-3H3;2*6,8H,5H2,1-4H3;5-8H,3-4H2,1-2H3;2*5-7H,4H2,1-3H3/t;2*7-;;2*6-/m.10.10/s1. The van der Waals surface area contributed by atoms with Gasteiger partial charge in [0.15, 0.2) is 0 Å². The number of rotatable bonds is 14. The third-order valence-electron chi connectivity index (χ3n) is 9.67. The van der Waals surface area contributed by atoms with Gasteiger partial charge in [0.2, 0.25) is 0 Å². The number of hydrogen-bond acceptors (Lipinski definition) is 8. The first-order valence-corrected chi connectivity index (χ1v) is 18.5. The summed E-state index contributed by atoms with van der Waals surface area (Å²) in [5.74, 6) is 2.16. The topological polar surface area (TPSA) is 162 Å². The minimum absolute atomic E-state index is 0.0648. The Morgan fingerprint density at radius 2 is 0.723 bits per heavy atom. The number of aliphatic hydroxyl groups is 8. The fraction of sp³-hybridized carbons (Fsp3) is 1.00. The molecule has 0 fully saturated rings. The van der Waals surface area contributed by atoms with E-state index in [4.69, 9.17) is 25.5 Å². The molecular weight excluding hydrogens is 596 g/mol. The van der Waals surface area contributed by atoms with Gasteiger partial charge in [-0.2, -0.15) is 0 Å². The Balaban J connectivity index is -0.000000108. The highest BCUT2D eigenvalue weighted by Crippen LogP contribution is 2.20. The van der Waals surface area contributed by atoms with E-state index in [1.165, 1.54) is 0 Å². The minimum Gasteiger partial charge on any atom is -0.396 e. The summed E-state index contributed by atoms with van der Waals surface area (Å²) in [6.45, 7) is 37.6. The highest BCUT2D eigenvalue weighted by atomic mass is 16.3. The molecule has 8 nitrogen and oxygen atoms in total. The second-order valence-corrected chi connectivity index (χ2v) is 15.3. The quantitative estimate of drug-likeness (QED) is 0.0935. The fourth-order valence-electron chi connectivity index (χ4n) is 2.94. The highest BCUT2D eigenvalue weighted by molar-refractivity contribution is 4.78. The van der Waals surface area contributed by atoms with Crippen LogP contribution in [0.2, 0.25) is 0 Å². The van der Waals surface area contributed by atoms with E-state index < -0.39 is 16.8 Å². The second kappa shape index (κ2) is 32.9. The summed E-state index contributed by atoms with van der Waals surface area (Å²) in [4.78, 5) is 0. The number of hydrogen-bond donors (Lipinski definition) is 8. The van der Waals surface area contributed by atoms with Crippen molar-refractivity contribution in [1.29, 1.82) is 0 Å². The van der Waals surface area contributed by atoms with Crippen molar-refractivity contribution in [2.45, 2.75) is 193 Å². The molecule has 8 heteroatoms. The van der Waals surface area contributed by atoms with Gasteiger partial charge in [-0.05, 0) is 81.5 Å². The van der Waals surface area contributed by atoms with E-state index in [1.54, 1.807) is 0 Å². The molecule has 5 atom stereocenters.